The Hall–Kier alpha value is -7.32. The molecule has 0 bridgehead atoms. The van der Waals surface area contributed by atoms with Crippen LogP contribution < -0.4 is 10.9 Å². The molecule has 7 nitrogen and oxygen atoms in total. The van der Waals surface area contributed by atoms with Gasteiger partial charge in [-0.15, -0.1) is 0 Å². The second-order valence-corrected chi connectivity index (χ2v) is 16.7. The highest BCUT2D eigenvalue weighted by molar-refractivity contribution is 7.03. The quantitative estimate of drug-likeness (QED) is 0.169. The van der Waals surface area contributed by atoms with Gasteiger partial charge in [0.05, 0.1) is 16.7 Å². The fraction of sp³-hybridized carbons (Fsp3) is 0.0980. The fourth-order valence-electron chi connectivity index (χ4n) is 11.4. The Kier molecular flexibility index (Phi) is 6.14. The molecular weight excluding hydrogens is 721 g/mol. The molecule has 0 amide bonds. The van der Waals surface area contributed by atoms with Gasteiger partial charge in [0, 0.05) is 86.6 Å². The minimum absolute atomic E-state index is 0.0223. The molecule has 10 aromatic rings. The molecule has 2 aliphatic heterocycles. The molecule has 4 aromatic carbocycles. The van der Waals surface area contributed by atoms with Gasteiger partial charge in [0.1, 0.15) is 5.65 Å². The smallest absolute Gasteiger partial charge is 0.251 e. The lowest BCUT2D eigenvalue weighted by Crippen LogP contribution is -2.53. The van der Waals surface area contributed by atoms with Crippen LogP contribution in [0.25, 0.3) is 78.1 Å². The maximum atomic E-state index is 5.15. The number of hydrogen-bond acceptors (Lipinski definition) is 4. The Morgan fingerprint density at radius 3 is 2.29 bits per heavy atom. The Morgan fingerprint density at radius 1 is 0.678 bits per heavy atom. The third-order valence-electron chi connectivity index (χ3n) is 13.5. The van der Waals surface area contributed by atoms with Crippen molar-refractivity contribution in [3.05, 3.63) is 180 Å². The summed E-state index contributed by atoms with van der Waals surface area (Å²) in [5.41, 5.74) is 22.0. The summed E-state index contributed by atoms with van der Waals surface area (Å²) in [6, 6.07) is 44.2. The van der Waals surface area contributed by atoms with E-state index in [1.807, 2.05) is 30.9 Å². The van der Waals surface area contributed by atoms with Crippen LogP contribution in [0.5, 0.6) is 0 Å². The lowest BCUT2D eigenvalue weighted by atomic mass is 9.32. The van der Waals surface area contributed by atoms with Crippen LogP contribution in [0.4, 0.5) is 0 Å². The minimum atomic E-state index is 0.0223. The number of aromatic nitrogens is 7. The molecule has 4 aliphatic rings. The first-order chi connectivity index (χ1) is 29.2. The maximum absolute atomic E-state index is 5.15. The van der Waals surface area contributed by atoms with Crippen LogP contribution in [0.15, 0.2) is 152 Å². The molecule has 0 saturated carbocycles. The number of allylic oxidation sites excluding steroid dienone is 1. The Bertz CT molecular complexity index is 3470. The molecular formula is C51H34BN7. The van der Waals surface area contributed by atoms with Gasteiger partial charge in [-0.25, -0.2) is 9.97 Å². The molecule has 2 aliphatic carbocycles. The molecule has 6 aromatic heterocycles. The van der Waals surface area contributed by atoms with Crippen LogP contribution in [-0.2, 0) is 12.8 Å². The van der Waals surface area contributed by atoms with Crippen molar-refractivity contribution in [1.29, 1.82) is 0 Å². The van der Waals surface area contributed by atoms with Crippen molar-refractivity contribution in [1.82, 2.24) is 33.6 Å². The van der Waals surface area contributed by atoms with Gasteiger partial charge in [0.2, 0.25) is 0 Å². The summed E-state index contributed by atoms with van der Waals surface area (Å²) in [6.07, 6.45) is 12.0. The third-order valence-corrected chi connectivity index (χ3v) is 13.5. The second kappa shape index (κ2) is 11.4. The lowest BCUT2D eigenvalue weighted by molar-refractivity contribution is 0.715. The zero-order chi connectivity index (χ0) is 38.5. The Morgan fingerprint density at radius 2 is 1.44 bits per heavy atom. The average Bonchev–Trinajstić information content (AvgIpc) is 3.94. The van der Waals surface area contributed by atoms with E-state index in [0.717, 1.165) is 46.5 Å². The molecule has 8 heterocycles. The molecule has 0 spiro atoms. The number of pyridine rings is 2. The maximum Gasteiger partial charge on any atom is 0.251 e. The van der Waals surface area contributed by atoms with E-state index in [2.05, 4.69) is 142 Å². The molecule has 0 radical (unpaired) electrons. The largest absolute Gasteiger partial charge is 0.313 e. The van der Waals surface area contributed by atoms with Gasteiger partial charge in [-0.3, -0.25) is 19.1 Å². The predicted octanol–water partition coefficient (Wildman–Crippen LogP) is 9.17. The highest BCUT2D eigenvalue weighted by Crippen LogP contribution is 2.52. The van der Waals surface area contributed by atoms with Crippen molar-refractivity contribution >= 4 is 56.1 Å². The Labute approximate surface area is 340 Å². The van der Waals surface area contributed by atoms with E-state index in [-0.39, 0.29) is 12.6 Å². The summed E-state index contributed by atoms with van der Waals surface area (Å²) in [4.78, 5) is 20.1. The van der Waals surface area contributed by atoms with Crippen molar-refractivity contribution in [2.75, 3.05) is 0 Å². The highest BCUT2D eigenvalue weighted by atomic mass is 15.2. The van der Waals surface area contributed by atoms with E-state index in [4.69, 9.17) is 19.9 Å². The zero-order valence-electron chi connectivity index (χ0n) is 32.2. The van der Waals surface area contributed by atoms with Gasteiger partial charge >= 0.3 is 0 Å². The first-order valence-corrected chi connectivity index (χ1v) is 20.7. The number of rotatable bonds is 3. The summed E-state index contributed by atoms with van der Waals surface area (Å²) < 4.78 is 7.66. The topological polar surface area (TPSA) is 66.3 Å². The molecule has 276 valence electrons. The van der Waals surface area contributed by atoms with Crippen LogP contribution in [-0.4, -0.2) is 40.3 Å². The van der Waals surface area contributed by atoms with E-state index in [9.17, 15) is 0 Å². The van der Waals surface area contributed by atoms with Crippen molar-refractivity contribution in [3.63, 3.8) is 0 Å². The van der Waals surface area contributed by atoms with Crippen LogP contribution in [0.3, 0.4) is 0 Å². The monoisotopic (exact) mass is 755 g/mol. The summed E-state index contributed by atoms with van der Waals surface area (Å²) in [6.45, 7) is 2.40. The minimum Gasteiger partial charge on any atom is -0.313 e. The molecule has 2 atom stereocenters. The van der Waals surface area contributed by atoms with Crippen LogP contribution in [0.2, 0.25) is 0 Å². The van der Waals surface area contributed by atoms with E-state index >= 15 is 0 Å². The molecule has 14 rings (SSSR count). The molecule has 0 fully saturated rings. The van der Waals surface area contributed by atoms with Crippen molar-refractivity contribution in [2.24, 2.45) is 5.92 Å². The molecule has 2 unspecified atom stereocenters. The van der Waals surface area contributed by atoms with Crippen LogP contribution in [0.1, 0.15) is 40.9 Å². The first kappa shape index (κ1) is 31.7. The third kappa shape index (κ3) is 4.03. The second-order valence-electron chi connectivity index (χ2n) is 16.7. The predicted molar refractivity (Wildman–Crippen MR) is 237 cm³/mol. The molecule has 0 saturated heterocycles. The summed E-state index contributed by atoms with van der Waals surface area (Å²) in [5, 5.41) is 2.50. The van der Waals surface area contributed by atoms with E-state index in [0.29, 0.717) is 11.7 Å². The normalized spacial score (nSPS) is 16.8. The van der Waals surface area contributed by atoms with Gasteiger partial charge in [-0.05, 0) is 100 Å². The van der Waals surface area contributed by atoms with E-state index < -0.39 is 0 Å². The lowest BCUT2D eigenvalue weighted by Gasteiger charge is -2.38. The fourth-order valence-corrected chi connectivity index (χ4v) is 11.4. The van der Waals surface area contributed by atoms with Gasteiger partial charge in [0.15, 0.2) is 5.82 Å². The van der Waals surface area contributed by atoms with Crippen LogP contribution >= 0.6 is 0 Å². The van der Waals surface area contributed by atoms with Gasteiger partial charge in [-0.2, -0.15) is 0 Å². The molecule has 8 heteroatoms. The van der Waals surface area contributed by atoms with E-state index in [1.165, 1.54) is 77.7 Å². The van der Waals surface area contributed by atoms with Gasteiger partial charge in [0.25, 0.3) is 6.71 Å². The summed E-state index contributed by atoms with van der Waals surface area (Å²) in [7, 11) is 0. The molecule has 59 heavy (non-hydrogen) atoms. The average molecular weight is 756 g/mol. The standard InChI is InChI=1S/C51H34BN7/c1-29-24-36-43-46-39(19-10-21-54-46)57(33-15-6-3-7-16-33)51(43)59-41-28-32(50-55-22-11-23-56-50)27-40-44(41)52(38(25-29)48(36)59)37-18-8-17-34-42-45-31(14-9-20-53-45)26-35(30-12-4-2-5-13-30)49(42)58(40)47(34)37/h2-23,25,27-29,35H,24,26H2,1H3. The summed E-state index contributed by atoms with van der Waals surface area (Å²) >= 11 is 0. The SMILES string of the molecule is CC1C=C2B3c4c(cc(-c5ncccn5)cc4-n4c2c(c2c5ncccc5n(-c5ccccc5)c24)C1)-n1c2c(c4cccc3c41)-c1ncccc1CC2c1ccccc1. The number of nitrogens with zero attached hydrogens (tertiary/aromatic N) is 7. The van der Waals surface area contributed by atoms with Gasteiger partial charge in [-0.1, -0.05) is 85.8 Å². The molecule has 0 N–H and O–H groups in total. The first-order valence-electron chi connectivity index (χ1n) is 20.7. The van der Waals surface area contributed by atoms with Crippen LogP contribution in [0, 0.1) is 5.92 Å². The highest BCUT2D eigenvalue weighted by Gasteiger charge is 2.47. The van der Waals surface area contributed by atoms with Gasteiger partial charge < -0.3 is 4.57 Å². The van der Waals surface area contributed by atoms with Crippen molar-refractivity contribution in [2.45, 2.75) is 25.7 Å². The number of fused-ring (bicyclic) bond motifs is 14. The number of para-hydroxylation sites is 2. The number of hydrogen-bond donors (Lipinski definition) is 0. The zero-order valence-corrected chi connectivity index (χ0v) is 32.2. The Balaban J connectivity index is 1.20. The van der Waals surface area contributed by atoms with Crippen molar-refractivity contribution < 1.29 is 0 Å². The van der Waals surface area contributed by atoms with E-state index in [1.54, 1.807) is 0 Å². The number of benzene rings is 4. The summed E-state index contributed by atoms with van der Waals surface area (Å²) in [5.74, 6) is 1.18. The van der Waals surface area contributed by atoms with Crippen molar-refractivity contribution in [3.8, 4) is 39.7 Å².